The molecule has 7 nitrogen and oxygen atoms in total. The first-order valence-corrected chi connectivity index (χ1v) is 14.4. The minimum Gasteiger partial charge on any atom is -0.378 e. The van der Waals surface area contributed by atoms with Crippen LogP contribution in [0.4, 0.5) is 0 Å². The fourth-order valence-electron chi connectivity index (χ4n) is 5.35. The maximum absolute atomic E-state index is 6.13. The predicted octanol–water partition coefficient (Wildman–Crippen LogP) is 4.26. The van der Waals surface area contributed by atoms with Gasteiger partial charge in [-0.2, -0.15) is 0 Å². The Balaban J connectivity index is 1.01. The lowest BCUT2D eigenvalue weighted by molar-refractivity contribution is -0.0731. The van der Waals surface area contributed by atoms with Gasteiger partial charge in [-0.1, -0.05) is 6.92 Å². The van der Waals surface area contributed by atoms with Gasteiger partial charge in [0, 0.05) is 33.0 Å². The summed E-state index contributed by atoms with van der Waals surface area (Å²) in [5.41, 5.74) is 0. The highest BCUT2D eigenvalue weighted by Crippen LogP contribution is 2.30. The summed E-state index contributed by atoms with van der Waals surface area (Å²) in [6, 6.07) is 0. The monoisotopic (exact) mass is 498 g/mol. The number of epoxide rings is 2. The fourth-order valence-corrected chi connectivity index (χ4v) is 5.35. The van der Waals surface area contributed by atoms with E-state index in [2.05, 4.69) is 6.92 Å². The van der Waals surface area contributed by atoms with Crippen molar-refractivity contribution in [3.8, 4) is 0 Å². The van der Waals surface area contributed by atoms with Gasteiger partial charge in [0.05, 0.1) is 39.6 Å². The molecule has 0 aromatic carbocycles. The second kappa shape index (κ2) is 15.9. The van der Waals surface area contributed by atoms with Crippen LogP contribution in [0.5, 0.6) is 0 Å². The summed E-state index contributed by atoms with van der Waals surface area (Å²) >= 11 is 0. The van der Waals surface area contributed by atoms with Crippen LogP contribution in [0.3, 0.4) is 0 Å². The second-order valence-electron chi connectivity index (χ2n) is 11.3. The van der Waals surface area contributed by atoms with Crippen molar-refractivity contribution in [2.24, 2.45) is 23.7 Å². The molecule has 0 spiro atoms. The van der Waals surface area contributed by atoms with Crippen molar-refractivity contribution in [3.05, 3.63) is 0 Å². The molecular weight excluding hydrogens is 448 g/mol. The van der Waals surface area contributed by atoms with Crippen molar-refractivity contribution < 1.29 is 33.2 Å². The Bertz CT molecular complexity index is 493. The zero-order chi connectivity index (χ0) is 24.1. The van der Waals surface area contributed by atoms with Crippen LogP contribution in [0.1, 0.15) is 64.7 Å². The number of hydrogen-bond donors (Lipinski definition) is 0. The number of hydrogen-bond acceptors (Lipinski definition) is 7. The molecule has 0 amide bonds. The van der Waals surface area contributed by atoms with Crippen molar-refractivity contribution in [1.82, 2.24) is 0 Å². The Morgan fingerprint density at radius 2 is 0.943 bits per heavy atom. The highest BCUT2D eigenvalue weighted by Gasteiger charge is 2.27. The first kappa shape index (κ1) is 27.7. The summed E-state index contributed by atoms with van der Waals surface area (Å²) < 4.78 is 40.3. The fraction of sp³-hybridized carbons (Fsp3) is 1.00. The van der Waals surface area contributed by atoms with E-state index in [0.29, 0.717) is 49.1 Å². The van der Waals surface area contributed by atoms with E-state index in [1.54, 1.807) is 0 Å². The second-order valence-corrected chi connectivity index (χ2v) is 11.3. The van der Waals surface area contributed by atoms with Gasteiger partial charge >= 0.3 is 0 Å². The van der Waals surface area contributed by atoms with Gasteiger partial charge in [0.15, 0.2) is 0 Å². The van der Waals surface area contributed by atoms with Gasteiger partial charge in [-0.15, -0.1) is 0 Å². The summed E-state index contributed by atoms with van der Waals surface area (Å²) in [5.74, 6) is 2.75. The summed E-state index contributed by atoms with van der Waals surface area (Å²) in [4.78, 5) is 0. The molecule has 4 rings (SSSR count). The van der Waals surface area contributed by atoms with E-state index in [1.807, 2.05) is 0 Å². The molecule has 2 saturated carbocycles. The molecule has 7 heteroatoms. The Kier molecular flexibility index (Phi) is 12.6. The van der Waals surface area contributed by atoms with E-state index in [9.17, 15) is 0 Å². The highest BCUT2D eigenvalue weighted by atomic mass is 16.6. The van der Waals surface area contributed by atoms with Crippen molar-refractivity contribution >= 4 is 0 Å². The molecule has 2 atom stereocenters. The lowest BCUT2D eigenvalue weighted by atomic mass is 9.83. The first-order valence-electron chi connectivity index (χ1n) is 14.4. The summed E-state index contributed by atoms with van der Waals surface area (Å²) in [6.45, 7) is 11.0. The summed E-state index contributed by atoms with van der Waals surface area (Å²) in [7, 11) is 0. The number of rotatable bonds is 19. The van der Waals surface area contributed by atoms with E-state index in [-0.39, 0.29) is 6.10 Å². The van der Waals surface area contributed by atoms with Gasteiger partial charge in [-0.3, -0.25) is 0 Å². The van der Waals surface area contributed by atoms with Gasteiger partial charge in [0.25, 0.3) is 0 Å². The molecule has 35 heavy (non-hydrogen) atoms. The highest BCUT2D eigenvalue weighted by molar-refractivity contribution is 4.75. The first-order chi connectivity index (χ1) is 17.3. The average molecular weight is 499 g/mol. The molecule has 4 fully saturated rings. The van der Waals surface area contributed by atoms with Gasteiger partial charge in [0.1, 0.15) is 18.3 Å². The molecular formula is C28H50O7. The zero-order valence-electron chi connectivity index (χ0n) is 22.0. The maximum Gasteiger partial charge on any atom is 0.104 e. The maximum atomic E-state index is 6.13. The Morgan fingerprint density at radius 3 is 1.29 bits per heavy atom. The Labute approximate surface area is 212 Å². The average Bonchev–Trinajstić information content (AvgIpc) is 3.80. The third kappa shape index (κ3) is 11.8. The molecule has 0 N–H and O–H groups in total. The summed E-state index contributed by atoms with van der Waals surface area (Å²) in [6.07, 6.45) is 11.8. The molecule has 2 heterocycles. The van der Waals surface area contributed by atoms with Crippen LogP contribution < -0.4 is 0 Å². The van der Waals surface area contributed by atoms with Crippen molar-refractivity contribution in [3.63, 3.8) is 0 Å². The Hall–Kier alpha value is -0.280. The topological polar surface area (TPSA) is 71.2 Å². The van der Waals surface area contributed by atoms with Gasteiger partial charge in [0.2, 0.25) is 0 Å². The largest absolute Gasteiger partial charge is 0.378 e. The quantitative estimate of drug-likeness (QED) is 0.247. The molecule has 2 saturated heterocycles. The molecule has 0 aromatic rings. The molecule has 0 radical (unpaired) electrons. The number of ether oxygens (including phenoxy) is 7. The predicted molar refractivity (Wildman–Crippen MR) is 134 cm³/mol. The minimum absolute atomic E-state index is 0.0405. The summed E-state index contributed by atoms with van der Waals surface area (Å²) in [5, 5.41) is 0. The van der Waals surface area contributed by atoms with Crippen LogP contribution >= 0.6 is 0 Å². The van der Waals surface area contributed by atoms with Crippen molar-refractivity contribution in [1.29, 1.82) is 0 Å². The van der Waals surface area contributed by atoms with Gasteiger partial charge < -0.3 is 33.2 Å². The lowest BCUT2D eigenvalue weighted by Gasteiger charge is -2.29. The van der Waals surface area contributed by atoms with Crippen LogP contribution in [-0.2, 0) is 33.2 Å². The van der Waals surface area contributed by atoms with E-state index >= 15 is 0 Å². The standard InChI is InChI=1S/C28H50O7/c1-2-11-33-26(16-29-12-22-3-7-24(8-4-22)14-31-18-27-20-34-27)17-30-13-23-5-9-25(10-6-23)15-32-19-28-21-35-28/h22-28H,2-21H2,1H3. The molecule has 0 aromatic heterocycles. The van der Waals surface area contributed by atoms with E-state index in [0.717, 1.165) is 65.9 Å². The van der Waals surface area contributed by atoms with Crippen LogP contribution in [0.25, 0.3) is 0 Å². The molecule has 2 aliphatic carbocycles. The molecule has 204 valence electrons. The third-order valence-corrected chi connectivity index (χ3v) is 7.92. The molecule has 0 bridgehead atoms. The smallest absolute Gasteiger partial charge is 0.104 e. The molecule has 4 aliphatic rings. The van der Waals surface area contributed by atoms with Gasteiger partial charge in [-0.05, 0) is 81.5 Å². The van der Waals surface area contributed by atoms with Crippen molar-refractivity contribution in [2.75, 3.05) is 72.7 Å². The van der Waals surface area contributed by atoms with Gasteiger partial charge in [-0.25, -0.2) is 0 Å². The van der Waals surface area contributed by atoms with Crippen molar-refractivity contribution in [2.45, 2.75) is 83.0 Å². The van der Waals surface area contributed by atoms with Crippen LogP contribution in [-0.4, -0.2) is 91.0 Å². The lowest BCUT2D eigenvalue weighted by Crippen LogP contribution is -2.30. The Morgan fingerprint density at radius 1 is 0.571 bits per heavy atom. The minimum atomic E-state index is 0.0405. The van der Waals surface area contributed by atoms with E-state index in [4.69, 9.17) is 33.2 Å². The molecule has 2 aliphatic heterocycles. The SMILES string of the molecule is CCCOC(COCC1CCC(COCC2CO2)CC1)COCC1CCC(COCC2CO2)CC1. The van der Waals surface area contributed by atoms with Crippen LogP contribution in [0.2, 0.25) is 0 Å². The molecule has 2 unspecified atom stereocenters. The normalized spacial score (nSPS) is 33.5. The van der Waals surface area contributed by atoms with E-state index < -0.39 is 0 Å². The van der Waals surface area contributed by atoms with Crippen LogP contribution in [0.15, 0.2) is 0 Å². The van der Waals surface area contributed by atoms with E-state index in [1.165, 1.54) is 51.4 Å². The third-order valence-electron chi connectivity index (χ3n) is 7.92. The van der Waals surface area contributed by atoms with Crippen LogP contribution in [0, 0.1) is 23.7 Å². The zero-order valence-corrected chi connectivity index (χ0v) is 22.0.